The third-order valence-corrected chi connectivity index (χ3v) is 3.47. The van der Waals surface area contributed by atoms with Crippen molar-refractivity contribution in [2.75, 3.05) is 11.9 Å². The van der Waals surface area contributed by atoms with Crippen LogP contribution in [0.2, 0.25) is 0 Å². The zero-order chi connectivity index (χ0) is 19.0. The molecule has 1 aromatic carbocycles. The molecule has 0 saturated heterocycles. The lowest BCUT2D eigenvalue weighted by Gasteiger charge is -2.26. The molecule has 0 aliphatic heterocycles. The summed E-state index contributed by atoms with van der Waals surface area (Å²) in [5.41, 5.74) is 1.23. The molecule has 1 atom stereocenters. The minimum Gasteiger partial charge on any atom is -0.461 e. The Bertz CT molecular complexity index is 579. The number of anilines is 1. The monoisotopic (exact) mass is 350 g/mol. The fraction of sp³-hybridized carbons (Fsp3) is 0.579. The van der Waals surface area contributed by atoms with Gasteiger partial charge in [-0.25, -0.2) is 4.79 Å². The molecule has 1 rings (SSSR count). The number of hydrogen-bond acceptors (Lipinski definition) is 5. The van der Waals surface area contributed by atoms with Crippen molar-refractivity contribution in [3.05, 3.63) is 29.8 Å². The number of hydrogen-bond donors (Lipinski definition) is 2. The Labute approximate surface area is 150 Å². The third-order valence-electron chi connectivity index (χ3n) is 3.47. The maximum absolute atomic E-state index is 12.0. The lowest BCUT2D eigenvalue weighted by Crippen LogP contribution is -2.45. The Morgan fingerprint density at radius 2 is 1.80 bits per heavy atom. The zero-order valence-corrected chi connectivity index (χ0v) is 16.0. The van der Waals surface area contributed by atoms with E-state index in [1.54, 1.807) is 0 Å². The standard InChI is InChI=1S/C19H30N2O4/c1-13(2)17(21-18(23)25-19(4,5)6)11-20-16-10-8-7-9-15(16)12-24-14(3)22/h7-10,13,17,20H,11-12H2,1-6H3,(H,21,23). The van der Waals surface area contributed by atoms with Gasteiger partial charge in [0.15, 0.2) is 0 Å². The van der Waals surface area contributed by atoms with Crippen LogP contribution in [-0.4, -0.2) is 30.3 Å². The molecule has 0 fully saturated rings. The third kappa shape index (κ3) is 8.42. The molecule has 2 N–H and O–H groups in total. The highest BCUT2D eigenvalue weighted by Gasteiger charge is 2.21. The molecule has 0 aromatic heterocycles. The van der Waals surface area contributed by atoms with Gasteiger partial charge >= 0.3 is 12.1 Å². The Morgan fingerprint density at radius 1 is 1.16 bits per heavy atom. The number of ether oxygens (including phenoxy) is 2. The number of carbonyl (C=O) groups is 2. The molecular weight excluding hydrogens is 320 g/mol. The van der Waals surface area contributed by atoms with Crippen LogP contribution in [0, 0.1) is 5.92 Å². The number of benzene rings is 1. The summed E-state index contributed by atoms with van der Waals surface area (Å²) in [7, 11) is 0. The van der Waals surface area contributed by atoms with Crippen molar-refractivity contribution >= 4 is 17.7 Å². The van der Waals surface area contributed by atoms with Crippen molar-refractivity contribution in [1.82, 2.24) is 5.32 Å². The van der Waals surface area contributed by atoms with Crippen LogP contribution in [0.3, 0.4) is 0 Å². The van der Waals surface area contributed by atoms with Crippen molar-refractivity contribution in [2.45, 2.75) is 59.8 Å². The van der Waals surface area contributed by atoms with Gasteiger partial charge in [-0.05, 0) is 32.8 Å². The number of nitrogens with one attached hydrogen (secondary N) is 2. The average molecular weight is 350 g/mol. The average Bonchev–Trinajstić information content (AvgIpc) is 2.48. The second kappa shape index (κ2) is 9.30. The SMILES string of the molecule is CC(=O)OCc1ccccc1NCC(NC(=O)OC(C)(C)C)C(C)C. The maximum atomic E-state index is 12.0. The first kappa shape index (κ1) is 20.8. The van der Waals surface area contributed by atoms with Crippen molar-refractivity contribution in [3.63, 3.8) is 0 Å². The first-order chi connectivity index (χ1) is 11.6. The summed E-state index contributed by atoms with van der Waals surface area (Å²) >= 11 is 0. The molecule has 25 heavy (non-hydrogen) atoms. The highest BCUT2D eigenvalue weighted by atomic mass is 16.6. The lowest BCUT2D eigenvalue weighted by molar-refractivity contribution is -0.142. The molecule has 1 aromatic rings. The molecule has 140 valence electrons. The van der Waals surface area contributed by atoms with Gasteiger partial charge in [0.05, 0.1) is 6.04 Å². The molecule has 0 bridgehead atoms. The highest BCUT2D eigenvalue weighted by Crippen LogP contribution is 2.17. The van der Waals surface area contributed by atoms with Gasteiger partial charge < -0.3 is 20.1 Å². The van der Waals surface area contributed by atoms with E-state index in [1.807, 2.05) is 58.9 Å². The van der Waals surface area contributed by atoms with Gasteiger partial charge in [0.25, 0.3) is 0 Å². The molecule has 6 heteroatoms. The number of para-hydroxylation sites is 1. The smallest absolute Gasteiger partial charge is 0.407 e. The van der Waals surface area contributed by atoms with Gasteiger partial charge in [-0.3, -0.25) is 4.79 Å². The zero-order valence-electron chi connectivity index (χ0n) is 16.0. The summed E-state index contributed by atoms with van der Waals surface area (Å²) < 4.78 is 10.4. The van der Waals surface area contributed by atoms with E-state index >= 15 is 0 Å². The topological polar surface area (TPSA) is 76.7 Å². The van der Waals surface area contributed by atoms with Crippen LogP contribution >= 0.6 is 0 Å². The van der Waals surface area contributed by atoms with E-state index in [-0.39, 0.29) is 24.5 Å². The second-order valence-corrected chi connectivity index (χ2v) is 7.32. The summed E-state index contributed by atoms with van der Waals surface area (Å²) in [6.07, 6.45) is -0.429. The molecule has 0 aliphatic carbocycles. The second-order valence-electron chi connectivity index (χ2n) is 7.32. The number of amides is 1. The van der Waals surface area contributed by atoms with Gasteiger partial charge in [-0.1, -0.05) is 32.0 Å². The fourth-order valence-corrected chi connectivity index (χ4v) is 2.13. The van der Waals surface area contributed by atoms with Gasteiger partial charge in [0.1, 0.15) is 12.2 Å². The Morgan fingerprint density at radius 3 is 2.36 bits per heavy atom. The van der Waals surface area contributed by atoms with Crippen molar-refractivity contribution in [1.29, 1.82) is 0 Å². The molecule has 6 nitrogen and oxygen atoms in total. The van der Waals surface area contributed by atoms with E-state index in [9.17, 15) is 9.59 Å². The van der Waals surface area contributed by atoms with Crippen LogP contribution in [-0.2, 0) is 20.9 Å². The summed E-state index contributed by atoms with van der Waals surface area (Å²) in [5, 5.41) is 6.23. The summed E-state index contributed by atoms with van der Waals surface area (Å²) in [6.45, 7) is 11.7. The predicted molar refractivity (Wildman–Crippen MR) is 98.4 cm³/mol. The van der Waals surface area contributed by atoms with E-state index in [2.05, 4.69) is 10.6 Å². The molecule has 1 unspecified atom stereocenters. The van der Waals surface area contributed by atoms with E-state index in [0.717, 1.165) is 11.3 Å². The Kier molecular flexibility index (Phi) is 7.74. The summed E-state index contributed by atoms with van der Waals surface area (Å²) in [6, 6.07) is 7.52. The first-order valence-corrected chi connectivity index (χ1v) is 8.53. The molecular formula is C19H30N2O4. The van der Waals surface area contributed by atoms with Crippen LogP contribution in [0.1, 0.15) is 47.1 Å². The Balaban J connectivity index is 2.69. The molecule has 0 spiro atoms. The van der Waals surface area contributed by atoms with Crippen molar-refractivity contribution in [2.24, 2.45) is 5.92 Å². The van der Waals surface area contributed by atoms with E-state index < -0.39 is 11.7 Å². The minimum absolute atomic E-state index is 0.100. The fourth-order valence-electron chi connectivity index (χ4n) is 2.13. The molecule has 0 saturated carbocycles. The quantitative estimate of drug-likeness (QED) is 0.733. The van der Waals surface area contributed by atoms with E-state index in [1.165, 1.54) is 6.92 Å². The van der Waals surface area contributed by atoms with Crippen LogP contribution < -0.4 is 10.6 Å². The Hall–Kier alpha value is -2.24. The molecule has 1 amide bonds. The highest BCUT2D eigenvalue weighted by molar-refractivity contribution is 5.68. The van der Waals surface area contributed by atoms with Crippen molar-refractivity contribution < 1.29 is 19.1 Å². The maximum Gasteiger partial charge on any atom is 0.407 e. The lowest BCUT2D eigenvalue weighted by atomic mass is 10.0. The molecule has 0 heterocycles. The van der Waals surface area contributed by atoms with E-state index in [0.29, 0.717) is 6.54 Å². The largest absolute Gasteiger partial charge is 0.461 e. The van der Waals surface area contributed by atoms with Crippen LogP contribution in [0.25, 0.3) is 0 Å². The van der Waals surface area contributed by atoms with Gasteiger partial charge in [0, 0.05) is 24.7 Å². The minimum atomic E-state index is -0.532. The van der Waals surface area contributed by atoms with Gasteiger partial charge in [0.2, 0.25) is 0 Å². The van der Waals surface area contributed by atoms with E-state index in [4.69, 9.17) is 9.47 Å². The predicted octanol–water partition coefficient (Wildman–Crippen LogP) is 3.71. The van der Waals surface area contributed by atoms with Gasteiger partial charge in [-0.2, -0.15) is 0 Å². The summed E-state index contributed by atoms with van der Waals surface area (Å²) in [4.78, 5) is 23.0. The van der Waals surface area contributed by atoms with Crippen LogP contribution in [0.5, 0.6) is 0 Å². The number of alkyl carbamates (subject to hydrolysis) is 1. The van der Waals surface area contributed by atoms with Gasteiger partial charge in [-0.15, -0.1) is 0 Å². The molecule has 0 radical (unpaired) electrons. The number of esters is 1. The number of carbonyl (C=O) groups excluding carboxylic acids is 2. The van der Waals surface area contributed by atoms with Crippen LogP contribution in [0.4, 0.5) is 10.5 Å². The molecule has 0 aliphatic rings. The van der Waals surface area contributed by atoms with Crippen LogP contribution in [0.15, 0.2) is 24.3 Å². The van der Waals surface area contributed by atoms with Crippen molar-refractivity contribution in [3.8, 4) is 0 Å². The summed E-state index contributed by atoms with van der Waals surface area (Å²) in [5.74, 6) is -0.0953. The first-order valence-electron chi connectivity index (χ1n) is 8.53. The normalized spacial score (nSPS) is 12.4. The number of rotatable bonds is 7.